The van der Waals surface area contributed by atoms with Crippen molar-refractivity contribution in [3.8, 4) is 11.4 Å². The zero-order chi connectivity index (χ0) is 19.5. The quantitative estimate of drug-likeness (QED) is 0.676. The maximum atomic E-state index is 12.9. The van der Waals surface area contributed by atoms with E-state index in [1.54, 1.807) is 18.2 Å². The molecule has 5 rings (SSSR count). The van der Waals surface area contributed by atoms with Crippen LogP contribution in [0.25, 0.3) is 11.4 Å². The van der Waals surface area contributed by atoms with Gasteiger partial charge in [-0.3, -0.25) is 4.79 Å². The second-order valence-corrected chi connectivity index (χ2v) is 7.05. The minimum Gasteiger partial charge on any atom is -0.331 e. The second-order valence-electron chi connectivity index (χ2n) is 7.05. The molecule has 1 amide bonds. The Bertz CT molecular complexity index is 1060. The van der Waals surface area contributed by atoms with Gasteiger partial charge < -0.3 is 9.42 Å². The summed E-state index contributed by atoms with van der Waals surface area (Å²) in [4.78, 5) is 18.1. The zero-order valence-electron chi connectivity index (χ0n) is 14.5. The van der Waals surface area contributed by atoms with Crippen molar-refractivity contribution in [2.75, 3.05) is 0 Å². The van der Waals surface area contributed by atoms with Gasteiger partial charge in [0, 0.05) is 29.6 Å². The van der Waals surface area contributed by atoms with E-state index in [4.69, 9.17) is 0 Å². The molecule has 2 aliphatic rings. The summed E-state index contributed by atoms with van der Waals surface area (Å²) in [5.41, 5.74) is 2.87. The van der Waals surface area contributed by atoms with Crippen LogP contribution in [0.1, 0.15) is 39.7 Å². The minimum atomic E-state index is -4.70. The van der Waals surface area contributed by atoms with Crippen molar-refractivity contribution in [3.05, 3.63) is 71.1 Å². The summed E-state index contributed by atoms with van der Waals surface area (Å²) in [6.07, 6.45) is -3.79. The average molecular weight is 385 g/mol. The van der Waals surface area contributed by atoms with Gasteiger partial charge in [0.1, 0.15) is 0 Å². The summed E-state index contributed by atoms with van der Waals surface area (Å²) >= 11 is 0. The van der Waals surface area contributed by atoms with Crippen LogP contribution in [0.2, 0.25) is 0 Å². The van der Waals surface area contributed by atoms with E-state index in [1.165, 1.54) is 5.56 Å². The normalized spacial score (nSPS) is 21.1. The molecule has 0 spiro atoms. The molecule has 1 aliphatic heterocycles. The van der Waals surface area contributed by atoms with Gasteiger partial charge in [-0.1, -0.05) is 47.6 Å². The first-order chi connectivity index (χ1) is 13.4. The molecule has 28 heavy (non-hydrogen) atoms. The number of alkyl halides is 3. The van der Waals surface area contributed by atoms with Crippen LogP contribution in [0.4, 0.5) is 13.2 Å². The van der Waals surface area contributed by atoms with Gasteiger partial charge in [0.05, 0.1) is 0 Å². The van der Waals surface area contributed by atoms with Crippen LogP contribution < -0.4 is 0 Å². The molecule has 8 heteroatoms. The number of nitrogens with zero attached hydrogens (tertiary/aromatic N) is 3. The molecular formula is C20H14F3N3O2. The fourth-order valence-corrected chi connectivity index (χ4v) is 3.77. The van der Waals surface area contributed by atoms with Crippen molar-refractivity contribution in [1.29, 1.82) is 0 Å². The zero-order valence-corrected chi connectivity index (χ0v) is 14.5. The van der Waals surface area contributed by atoms with E-state index in [9.17, 15) is 18.0 Å². The number of fused-ring (bicyclic) bond motifs is 1. The fraction of sp³-hybridized carbons (Fsp3) is 0.250. The molecule has 2 aromatic carbocycles. The number of hydrogen-bond acceptors (Lipinski definition) is 4. The molecule has 142 valence electrons. The first kappa shape index (κ1) is 17.0. The van der Waals surface area contributed by atoms with Crippen LogP contribution in [0, 0.1) is 0 Å². The smallest absolute Gasteiger partial charge is 0.331 e. The van der Waals surface area contributed by atoms with Crippen LogP contribution in [-0.2, 0) is 12.7 Å². The molecule has 0 unspecified atom stereocenters. The third-order valence-electron chi connectivity index (χ3n) is 5.25. The second kappa shape index (κ2) is 5.92. The number of halogens is 3. The SMILES string of the molecule is O=C1c2cc(-c3noc(C(F)(F)F)n3)ccc2CN1[C@@H]1C[C@H]1c1ccccc1. The summed E-state index contributed by atoms with van der Waals surface area (Å²) in [7, 11) is 0. The molecule has 2 atom stereocenters. The highest BCUT2D eigenvalue weighted by molar-refractivity contribution is 5.99. The largest absolute Gasteiger partial charge is 0.471 e. The summed E-state index contributed by atoms with van der Waals surface area (Å²) in [6, 6.07) is 15.1. The van der Waals surface area contributed by atoms with Crippen molar-refractivity contribution in [3.63, 3.8) is 0 Å². The topological polar surface area (TPSA) is 59.2 Å². The highest BCUT2D eigenvalue weighted by atomic mass is 19.4. The molecule has 1 aliphatic carbocycles. The number of benzene rings is 2. The van der Waals surface area contributed by atoms with E-state index in [2.05, 4.69) is 26.8 Å². The highest BCUT2D eigenvalue weighted by Gasteiger charge is 2.47. The summed E-state index contributed by atoms with van der Waals surface area (Å²) in [6.45, 7) is 0.502. The van der Waals surface area contributed by atoms with Crippen LogP contribution in [0.15, 0.2) is 53.1 Å². The predicted molar refractivity (Wildman–Crippen MR) is 92.2 cm³/mol. The molecule has 1 saturated carbocycles. The van der Waals surface area contributed by atoms with E-state index < -0.39 is 12.1 Å². The van der Waals surface area contributed by atoms with Crippen molar-refractivity contribution >= 4 is 5.91 Å². The Morgan fingerprint density at radius 1 is 1.11 bits per heavy atom. The number of amides is 1. The van der Waals surface area contributed by atoms with Crippen LogP contribution >= 0.6 is 0 Å². The van der Waals surface area contributed by atoms with Gasteiger partial charge in [0.15, 0.2) is 0 Å². The fourth-order valence-electron chi connectivity index (χ4n) is 3.77. The maximum absolute atomic E-state index is 12.9. The van der Waals surface area contributed by atoms with Gasteiger partial charge in [-0.15, -0.1) is 0 Å². The van der Waals surface area contributed by atoms with Crippen LogP contribution in [0.5, 0.6) is 0 Å². The molecule has 2 heterocycles. The van der Waals surface area contributed by atoms with Gasteiger partial charge in [-0.25, -0.2) is 0 Å². The monoisotopic (exact) mass is 385 g/mol. The molecule has 0 saturated heterocycles. The first-order valence-electron chi connectivity index (χ1n) is 8.82. The molecule has 0 radical (unpaired) electrons. The third kappa shape index (κ3) is 2.76. The Morgan fingerprint density at radius 2 is 1.89 bits per heavy atom. The minimum absolute atomic E-state index is 0.111. The van der Waals surface area contributed by atoms with Crippen molar-refractivity contribution in [2.24, 2.45) is 0 Å². The molecular weight excluding hydrogens is 371 g/mol. The standard InChI is InChI=1S/C20H14F3N3O2/c21-20(22,23)19-24-17(25-28-19)12-6-7-13-10-26(18(27)15(13)8-12)16-9-14(16)11-4-2-1-3-5-11/h1-8,14,16H,9-10H2/t14-,16+/m0/s1. The van der Waals surface area contributed by atoms with Crippen molar-refractivity contribution in [2.45, 2.75) is 31.1 Å². The van der Waals surface area contributed by atoms with Gasteiger partial charge in [-0.2, -0.15) is 18.2 Å². The lowest BCUT2D eigenvalue weighted by molar-refractivity contribution is -0.159. The van der Waals surface area contributed by atoms with E-state index in [-0.39, 0.29) is 17.8 Å². The van der Waals surface area contributed by atoms with Gasteiger partial charge >= 0.3 is 12.1 Å². The third-order valence-corrected chi connectivity index (χ3v) is 5.25. The highest BCUT2D eigenvalue weighted by Crippen LogP contribution is 2.47. The molecule has 1 aromatic heterocycles. The number of aromatic nitrogens is 2. The lowest BCUT2D eigenvalue weighted by atomic mass is 10.1. The summed E-state index contributed by atoms with van der Waals surface area (Å²) in [5, 5.41) is 3.39. The molecule has 3 aromatic rings. The van der Waals surface area contributed by atoms with Crippen LogP contribution in [-0.4, -0.2) is 27.0 Å². The van der Waals surface area contributed by atoms with E-state index in [1.807, 2.05) is 23.1 Å². The molecule has 5 nitrogen and oxygen atoms in total. The number of hydrogen-bond donors (Lipinski definition) is 0. The van der Waals surface area contributed by atoms with E-state index in [0.717, 1.165) is 12.0 Å². The van der Waals surface area contributed by atoms with E-state index in [0.29, 0.717) is 23.6 Å². The molecule has 1 fully saturated rings. The number of rotatable bonds is 3. The Kier molecular flexibility index (Phi) is 3.59. The van der Waals surface area contributed by atoms with E-state index >= 15 is 0 Å². The Hall–Kier alpha value is -3.16. The lowest BCUT2D eigenvalue weighted by Gasteiger charge is -2.15. The van der Waals surface area contributed by atoms with Gasteiger partial charge in [0.25, 0.3) is 5.91 Å². The predicted octanol–water partition coefficient (Wildman–Crippen LogP) is 4.27. The number of carbonyl (C=O) groups is 1. The van der Waals surface area contributed by atoms with Crippen molar-refractivity contribution in [1.82, 2.24) is 15.0 Å². The first-order valence-corrected chi connectivity index (χ1v) is 8.82. The maximum Gasteiger partial charge on any atom is 0.471 e. The summed E-state index contributed by atoms with van der Waals surface area (Å²) < 4.78 is 42.3. The molecule has 0 bridgehead atoms. The van der Waals surface area contributed by atoms with Gasteiger partial charge in [0.2, 0.25) is 5.82 Å². The Labute approximate surface area is 157 Å². The Balaban J connectivity index is 1.38. The Morgan fingerprint density at radius 3 is 2.61 bits per heavy atom. The van der Waals surface area contributed by atoms with Crippen molar-refractivity contribution < 1.29 is 22.5 Å². The number of carbonyl (C=O) groups excluding carboxylic acids is 1. The average Bonchev–Trinajstić information content (AvgIpc) is 3.16. The van der Waals surface area contributed by atoms with Gasteiger partial charge in [-0.05, 0) is 23.6 Å². The summed E-state index contributed by atoms with van der Waals surface area (Å²) in [5.74, 6) is -1.38. The van der Waals surface area contributed by atoms with Crippen LogP contribution in [0.3, 0.4) is 0 Å². The lowest BCUT2D eigenvalue weighted by Crippen LogP contribution is -2.27. The molecule has 0 N–H and O–H groups in total.